The zero-order chi connectivity index (χ0) is 26.1. The summed E-state index contributed by atoms with van der Waals surface area (Å²) in [7, 11) is 0. The fourth-order valence-corrected chi connectivity index (χ4v) is 6.00. The highest BCUT2D eigenvalue weighted by molar-refractivity contribution is 7.18. The Morgan fingerprint density at radius 2 is 1.79 bits per heavy atom. The van der Waals surface area contributed by atoms with E-state index < -0.39 is 0 Å². The summed E-state index contributed by atoms with van der Waals surface area (Å²) in [6, 6.07) is 10.3. The van der Waals surface area contributed by atoms with Crippen molar-refractivity contribution in [2.75, 3.05) is 62.7 Å². The van der Waals surface area contributed by atoms with Crippen LogP contribution in [0.15, 0.2) is 42.7 Å². The number of carbonyl (C=O) groups excluding carboxylic acids is 1. The number of rotatable bonds is 5. The molecule has 2 aliphatic heterocycles. The van der Waals surface area contributed by atoms with Crippen molar-refractivity contribution in [3.8, 4) is 11.4 Å². The summed E-state index contributed by atoms with van der Waals surface area (Å²) in [6.45, 7) is 10.4. The minimum atomic E-state index is -0.0370. The van der Waals surface area contributed by atoms with Gasteiger partial charge < -0.3 is 25.2 Å². The number of benzene rings is 1. The number of piperazine rings is 1. The van der Waals surface area contributed by atoms with Gasteiger partial charge in [-0.3, -0.25) is 9.78 Å². The van der Waals surface area contributed by atoms with E-state index in [0.29, 0.717) is 30.0 Å². The SMILES string of the molecule is Cc1sc2nc(-c3ccncc3C(=O)N3CCNCC3)nc(Nc3ccc(N4CCOCC4)cc3)c2c1C. The maximum Gasteiger partial charge on any atom is 0.256 e. The van der Waals surface area contributed by atoms with Gasteiger partial charge in [0, 0.05) is 73.5 Å². The van der Waals surface area contributed by atoms with Gasteiger partial charge in [0.15, 0.2) is 5.82 Å². The van der Waals surface area contributed by atoms with E-state index in [1.54, 1.807) is 23.7 Å². The molecule has 0 unspecified atom stereocenters. The monoisotopic (exact) mass is 529 g/mol. The molecule has 0 aliphatic carbocycles. The van der Waals surface area contributed by atoms with Crippen molar-refractivity contribution in [1.82, 2.24) is 25.2 Å². The van der Waals surface area contributed by atoms with Gasteiger partial charge in [0.2, 0.25) is 0 Å². The lowest BCUT2D eigenvalue weighted by Gasteiger charge is -2.29. The molecule has 2 aliphatic rings. The number of aryl methyl sites for hydroxylation is 2. The Morgan fingerprint density at radius 3 is 2.55 bits per heavy atom. The number of pyridine rings is 1. The molecule has 9 nitrogen and oxygen atoms in total. The number of ether oxygens (including phenoxy) is 1. The summed E-state index contributed by atoms with van der Waals surface area (Å²) in [5.41, 5.74) is 4.51. The summed E-state index contributed by atoms with van der Waals surface area (Å²) in [5.74, 6) is 1.22. The van der Waals surface area contributed by atoms with E-state index in [0.717, 1.165) is 66.7 Å². The first kappa shape index (κ1) is 24.7. The second-order valence-electron chi connectivity index (χ2n) is 9.59. The summed E-state index contributed by atoms with van der Waals surface area (Å²) >= 11 is 1.65. The lowest BCUT2D eigenvalue weighted by Crippen LogP contribution is -2.46. The first-order chi connectivity index (χ1) is 18.6. The number of nitrogens with one attached hydrogen (secondary N) is 2. The van der Waals surface area contributed by atoms with Crippen LogP contribution in [0.3, 0.4) is 0 Å². The van der Waals surface area contributed by atoms with E-state index in [4.69, 9.17) is 14.7 Å². The van der Waals surface area contributed by atoms with Crippen LogP contribution < -0.4 is 15.5 Å². The van der Waals surface area contributed by atoms with E-state index in [1.807, 2.05) is 11.0 Å². The van der Waals surface area contributed by atoms with Crippen LogP contribution in [-0.2, 0) is 4.74 Å². The molecule has 0 radical (unpaired) electrons. The third-order valence-electron chi connectivity index (χ3n) is 7.23. The standard InChI is InChI=1S/C28H31N7O2S/c1-18-19(2)38-27-24(18)26(31-20-3-5-21(6-4-20)34-13-15-37-16-14-34)32-25(33-27)22-7-8-30-17-23(22)28(36)35-11-9-29-10-12-35/h3-8,17,29H,9-16H2,1-2H3,(H,31,32,33). The van der Waals surface area contributed by atoms with Crippen molar-refractivity contribution in [2.45, 2.75) is 13.8 Å². The molecule has 1 aromatic carbocycles. The van der Waals surface area contributed by atoms with Crippen LogP contribution in [0.1, 0.15) is 20.8 Å². The number of aromatic nitrogens is 3. The molecule has 0 spiro atoms. The van der Waals surface area contributed by atoms with Gasteiger partial charge in [-0.25, -0.2) is 9.97 Å². The van der Waals surface area contributed by atoms with E-state index in [9.17, 15) is 4.79 Å². The highest BCUT2D eigenvalue weighted by atomic mass is 32.1. The van der Waals surface area contributed by atoms with E-state index in [2.05, 4.69) is 58.6 Å². The minimum Gasteiger partial charge on any atom is -0.378 e. The van der Waals surface area contributed by atoms with E-state index in [1.165, 1.54) is 10.6 Å². The van der Waals surface area contributed by atoms with Crippen LogP contribution >= 0.6 is 11.3 Å². The Kier molecular flexibility index (Phi) is 6.92. The van der Waals surface area contributed by atoms with Crippen LogP contribution in [0.4, 0.5) is 17.2 Å². The maximum absolute atomic E-state index is 13.4. The van der Waals surface area contributed by atoms with Gasteiger partial charge in [0.1, 0.15) is 10.6 Å². The topological polar surface area (TPSA) is 95.5 Å². The molecule has 0 saturated carbocycles. The lowest BCUT2D eigenvalue weighted by molar-refractivity contribution is 0.0736. The van der Waals surface area contributed by atoms with Gasteiger partial charge in [0.05, 0.1) is 24.2 Å². The second-order valence-corrected chi connectivity index (χ2v) is 10.8. The molecule has 0 atom stereocenters. The first-order valence-electron chi connectivity index (χ1n) is 13.0. The van der Waals surface area contributed by atoms with E-state index >= 15 is 0 Å². The molecule has 2 fully saturated rings. The molecule has 5 heterocycles. The van der Waals surface area contributed by atoms with Crippen molar-refractivity contribution in [1.29, 1.82) is 0 Å². The molecule has 38 heavy (non-hydrogen) atoms. The number of nitrogens with zero attached hydrogens (tertiary/aromatic N) is 5. The quantitative estimate of drug-likeness (QED) is 0.401. The largest absolute Gasteiger partial charge is 0.378 e. The molecule has 4 aromatic rings. The molecule has 6 rings (SSSR count). The normalized spacial score (nSPS) is 16.2. The predicted octanol–water partition coefficient (Wildman–Crippen LogP) is 4.00. The van der Waals surface area contributed by atoms with Gasteiger partial charge in [0.25, 0.3) is 5.91 Å². The summed E-state index contributed by atoms with van der Waals surface area (Å²) in [6.07, 6.45) is 3.33. The van der Waals surface area contributed by atoms with Crippen molar-refractivity contribution < 1.29 is 9.53 Å². The smallest absolute Gasteiger partial charge is 0.256 e. The zero-order valence-electron chi connectivity index (χ0n) is 21.7. The number of amides is 1. The average molecular weight is 530 g/mol. The molecule has 0 bridgehead atoms. The number of thiophene rings is 1. The molecule has 1 amide bonds. The van der Waals surface area contributed by atoms with Gasteiger partial charge >= 0.3 is 0 Å². The molecular weight excluding hydrogens is 498 g/mol. The summed E-state index contributed by atoms with van der Waals surface area (Å²) in [5, 5.41) is 7.86. The average Bonchev–Trinajstić information content (AvgIpc) is 3.27. The Morgan fingerprint density at radius 1 is 1.03 bits per heavy atom. The number of fused-ring (bicyclic) bond motifs is 1. The molecular formula is C28H31N7O2S. The van der Waals surface area contributed by atoms with Crippen LogP contribution in [0.25, 0.3) is 21.6 Å². The van der Waals surface area contributed by atoms with Gasteiger partial charge in [-0.2, -0.15) is 0 Å². The van der Waals surface area contributed by atoms with Crippen LogP contribution in [0, 0.1) is 13.8 Å². The van der Waals surface area contributed by atoms with Crippen LogP contribution in [0.5, 0.6) is 0 Å². The van der Waals surface area contributed by atoms with E-state index in [-0.39, 0.29) is 5.91 Å². The second kappa shape index (κ2) is 10.6. The van der Waals surface area contributed by atoms with Crippen LogP contribution in [-0.4, -0.2) is 78.2 Å². The lowest BCUT2D eigenvalue weighted by atomic mass is 10.1. The van der Waals surface area contributed by atoms with Gasteiger partial charge in [-0.05, 0) is 49.7 Å². The Bertz CT molecular complexity index is 1460. The molecule has 10 heteroatoms. The van der Waals surface area contributed by atoms with Crippen molar-refractivity contribution >= 4 is 44.7 Å². The maximum atomic E-state index is 13.4. The Hall–Kier alpha value is -3.60. The highest BCUT2D eigenvalue weighted by Crippen LogP contribution is 2.37. The number of morpholine rings is 1. The highest BCUT2D eigenvalue weighted by Gasteiger charge is 2.24. The van der Waals surface area contributed by atoms with Gasteiger partial charge in [-0.15, -0.1) is 11.3 Å². The first-order valence-corrected chi connectivity index (χ1v) is 13.8. The molecule has 2 saturated heterocycles. The number of carbonyl (C=O) groups is 1. The summed E-state index contributed by atoms with van der Waals surface area (Å²) in [4.78, 5) is 33.9. The number of hydrogen-bond donors (Lipinski definition) is 2. The van der Waals surface area contributed by atoms with Crippen molar-refractivity contribution in [3.05, 3.63) is 58.7 Å². The van der Waals surface area contributed by atoms with Gasteiger partial charge in [-0.1, -0.05) is 0 Å². The Labute approximate surface area is 225 Å². The third kappa shape index (κ3) is 4.82. The fraction of sp³-hybridized carbons (Fsp3) is 0.357. The number of hydrogen-bond acceptors (Lipinski definition) is 9. The predicted molar refractivity (Wildman–Crippen MR) is 152 cm³/mol. The summed E-state index contributed by atoms with van der Waals surface area (Å²) < 4.78 is 5.49. The minimum absolute atomic E-state index is 0.0370. The fourth-order valence-electron chi connectivity index (χ4n) is 4.97. The molecule has 2 N–H and O–H groups in total. The van der Waals surface area contributed by atoms with Crippen molar-refractivity contribution in [2.24, 2.45) is 0 Å². The Balaban J connectivity index is 1.37. The molecule has 3 aromatic heterocycles. The van der Waals surface area contributed by atoms with Crippen LogP contribution in [0.2, 0.25) is 0 Å². The molecule has 196 valence electrons. The van der Waals surface area contributed by atoms with Crippen molar-refractivity contribution in [3.63, 3.8) is 0 Å². The number of anilines is 3. The zero-order valence-corrected chi connectivity index (χ0v) is 22.5. The third-order valence-corrected chi connectivity index (χ3v) is 8.33.